The Bertz CT molecular complexity index is 615. The standard InChI is InChI=1S/C16H19N3S/c1-12-5-7-13(8-6-12)15-14-4-3-9-18(14)10-11-19(15)16(20)17-2/h3-9,15H,10-11H2,1-2H3,(H,17,20)/t15-/m1/s1. The van der Waals surface area contributed by atoms with Crippen molar-refractivity contribution in [3.05, 3.63) is 59.4 Å². The van der Waals surface area contributed by atoms with Gasteiger partial charge in [-0.05, 0) is 36.8 Å². The van der Waals surface area contributed by atoms with Crippen molar-refractivity contribution in [1.82, 2.24) is 14.8 Å². The summed E-state index contributed by atoms with van der Waals surface area (Å²) in [4.78, 5) is 2.27. The summed E-state index contributed by atoms with van der Waals surface area (Å²) in [6, 6.07) is 13.2. The van der Waals surface area contributed by atoms with Crippen LogP contribution in [0.2, 0.25) is 0 Å². The topological polar surface area (TPSA) is 20.2 Å². The molecule has 1 N–H and O–H groups in total. The van der Waals surface area contributed by atoms with Gasteiger partial charge in [-0.15, -0.1) is 0 Å². The van der Waals surface area contributed by atoms with E-state index >= 15 is 0 Å². The third kappa shape index (κ3) is 2.20. The minimum atomic E-state index is 0.194. The normalized spacial score (nSPS) is 17.7. The van der Waals surface area contributed by atoms with Gasteiger partial charge in [0.2, 0.25) is 0 Å². The third-order valence-corrected chi connectivity index (χ3v) is 4.34. The molecule has 0 radical (unpaired) electrons. The van der Waals surface area contributed by atoms with Gasteiger partial charge in [-0.25, -0.2) is 0 Å². The van der Waals surface area contributed by atoms with Gasteiger partial charge >= 0.3 is 0 Å². The lowest BCUT2D eigenvalue weighted by atomic mass is 9.99. The first-order valence-electron chi connectivity index (χ1n) is 6.90. The summed E-state index contributed by atoms with van der Waals surface area (Å²) in [6.45, 7) is 4.02. The number of nitrogens with zero attached hydrogens (tertiary/aromatic N) is 2. The molecular formula is C16H19N3S. The molecule has 0 amide bonds. The highest BCUT2D eigenvalue weighted by Gasteiger charge is 2.29. The summed E-state index contributed by atoms with van der Waals surface area (Å²) < 4.78 is 2.32. The van der Waals surface area contributed by atoms with Gasteiger partial charge in [0.1, 0.15) is 0 Å². The van der Waals surface area contributed by atoms with Gasteiger partial charge in [0.05, 0.1) is 6.04 Å². The monoisotopic (exact) mass is 285 g/mol. The van der Waals surface area contributed by atoms with E-state index in [1.165, 1.54) is 16.8 Å². The highest BCUT2D eigenvalue weighted by atomic mass is 32.1. The second-order valence-corrected chi connectivity index (χ2v) is 5.57. The summed E-state index contributed by atoms with van der Waals surface area (Å²) in [5.41, 5.74) is 3.87. The Morgan fingerprint density at radius 2 is 1.95 bits per heavy atom. The van der Waals surface area contributed by atoms with Gasteiger partial charge in [-0.2, -0.15) is 0 Å². The molecule has 3 rings (SSSR count). The van der Waals surface area contributed by atoms with Gasteiger partial charge < -0.3 is 14.8 Å². The van der Waals surface area contributed by atoms with Crippen molar-refractivity contribution in [1.29, 1.82) is 0 Å². The van der Waals surface area contributed by atoms with E-state index in [0.29, 0.717) is 0 Å². The van der Waals surface area contributed by atoms with E-state index in [0.717, 1.165) is 18.2 Å². The fourth-order valence-electron chi connectivity index (χ4n) is 2.85. The third-order valence-electron chi connectivity index (χ3n) is 3.91. The molecule has 0 fully saturated rings. The first kappa shape index (κ1) is 13.2. The fourth-order valence-corrected chi connectivity index (χ4v) is 3.04. The molecule has 2 heterocycles. The van der Waals surface area contributed by atoms with Crippen LogP contribution in [0.1, 0.15) is 22.9 Å². The highest BCUT2D eigenvalue weighted by molar-refractivity contribution is 7.80. The van der Waals surface area contributed by atoms with E-state index in [1.54, 1.807) is 0 Å². The predicted octanol–water partition coefficient (Wildman–Crippen LogP) is 2.71. The molecule has 0 saturated carbocycles. The van der Waals surface area contributed by atoms with E-state index in [2.05, 4.69) is 64.3 Å². The molecule has 1 aliphatic rings. The van der Waals surface area contributed by atoms with Crippen molar-refractivity contribution in [2.45, 2.75) is 19.5 Å². The van der Waals surface area contributed by atoms with Gasteiger partial charge in [-0.1, -0.05) is 29.8 Å². The maximum absolute atomic E-state index is 5.49. The number of hydrogen-bond donors (Lipinski definition) is 1. The fraction of sp³-hybridized carbons (Fsp3) is 0.312. The zero-order valence-electron chi connectivity index (χ0n) is 11.8. The van der Waals surface area contributed by atoms with Crippen LogP contribution in [0.4, 0.5) is 0 Å². The Hall–Kier alpha value is -1.81. The molecule has 104 valence electrons. The van der Waals surface area contributed by atoms with Crippen LogP contribution < -0.4 is 5.32 Å². The van der Waals surface area contributed by atoms with E-state index in [9.17, 15) is 0 Å². The molecule has 1 aromatic heterocycles. The first-order valence-corrected chi connectivity index (χ1v) is 7.31. The maximum atomic E-state index is 5.49. The second-order valence-electron chi connectivity index (χ2n) is 5.19. The molecule has 0 aliphatic carbocycles. The maximum Gasteiger partial charge on any atom is 0.169 e. The minimum absolute atomic E-state index is 0.194. The van der Waals surface area contributed by atoms with Crippen LogP contribution in [0, 0.1) is 6.92 Å². The Labute approximate surface area is 125 Å². The molecule has 1 atom stereocenters. The lowest BCUT2D eigenvalue weighted by Gasteiger charge is -2.38. The van der Waals surface area contributed by atoms with Crippen LogP contribution in [0.25, 0.3) is 0 Å². The van der Waals surface area contributed by atoms with Crippen LogP contribution in [0.15, 0.2) is 42.6 Å². The molecule has 0 bridgehead atoms. The van der Waals surface area contributed by atoms with Gasteiger partial charge in [-0.3, -0.25) is 0 Å². The highest BCUT2D eigenvalue weighted by Crippen LogP contribution is 2.32. The molecule has 0 saturated heterocycles. The Kier molecular flexibility index (Phi) is 3.49. The smallest absolute Gasteiger partial charge is 0.169 e. The van der Waals surface area contributed by atoms with Crippen molar-refractivity contribution in [2.24, 2.45) is 0 Å². The van der Waals surface area contributed by atoms with Crippen LogP contribution in [0.3, 0.4) is 0 Å². The molecule has 1 aromatic carbocycles. The number of fused-ring (bicyclic) bond motifs is 1. The molecule has 3 nitrogen and oxygen atoms in total. The van der Waals surface area contributed by atoms with E-state index < -0.39 is 0 Å². The summed E-state index contributed by atoms with van der Waals surface area (Å²) >= 11 is 5.49. The van der Waals surface area contributed by atoms with Crippen LogP contribution in [-0.4, -0.2) is 28.2 Å². The van der Waals surface area contributed by atoms with Crippen molar-refractivity contribution in [3.8, 4) is 0 Å². The molecule has 0 spiro atoms. The van der Waals surface area contributed by atoms with Gasteiger partial charge in [0, 0.05) is 32.0 Å². The quantitative estimate of drug-likeness (QED) is 0.814. The summed E-state index contributed by atoms with van der Waals surface area (Å²) in [6.07, 6.45) is 2.15. The lowest BCUT2D eigenvalue weighted by Crippen LogP contribution is -2.46. The largest absolute Gasteiger partial charge is 0.366 e. The molecule has 0 unspecified atom stereocenters. The summed E-state index contributed by atoms with van der Waals surface area (Å²) in [7, 11) is 1.89. The second kappa shape index (κ2) is 5.29. The number of aryl methyl sites for hydroxylation is 1. The Morgan fingerprint density at radius 3 is 2.65 bits per heavy atom. The molecule has 2 aromatic rings. The van der Waals surface area contributed by atoms with E-state index in [4.69, 9.17) is 12.2 Å². The number of rotatable bonds is 1. The number of nitrogens with one attached hydrogen (secondary N) is 1. The molecule has 1 aliphatic heterocycles. The van der Waals surface area contributed by atoms with Crippen molar-refractivity contribution >= 4 is 17.3 Å². The number of hydrogen-bond acceptors (Lipinski definition) is 1. The van der Waals surface area contributed by atoms with Crippen LogP contribution >= 0.6 is 12.2 Å². The molecule has 4 heteroatoms. The molecule has 20 heavy (non-hydrogen) atoms. The van der Waals surface area contributed by atoms with Crippen LogP contribution in [-0.2, 0) is 6.54 Å². The van der Waals surface area contributed by atoms with Gasteiger partial charge in [0.15, 0.2) is 5.11 Å². The summed E-state index contributed by atoms with van der Waals surface area (Å²) in [5.74, 6) is 0. The Morgan fingerprint density at radius 1 is 1.20 bits per heavy atom. The zero-order chi connectivity index (χ0) is 14.1. The van der Waals surface area contributed by atoms with Gasteiger partial charge in [0.25, 0.3) is 0 Å². The van der Waals surface area contributed by atoms with Crippen molar-refractivity contribution < 1.29 is 0 Å². The zero-order valence-corrected chi connectivity index (χ0v) is 12.7. The van der Waals surface area contributed by atoms with Crippen LogP contribution in [0.5, 0.6) is 0 Å². The number of aromatic nitrogens is 1. The molecular weight excluding hydrogens is 266 g/mol. The Balaban J connectivity index is 2.06. The van der Waals surface area contributed by atoms with E-state index in [-0.39, 0.29) is 6.04 Å². The average Bonchev–Trinajstić information content (AvgIpc) is 2.95. The van der Waals surface area contributed by atoms with Crippen molar-refractivity contribution in [2.75, 3.05) is 13.6 Å². The summed E-state index contributed by atoms with van der Waals surface area (Å²) in [5, 5.41) is 3.93. The van der Waals surface area contributed by atoms with Crippen molar-refractivity contribution in [3.63, 3.8) is 0 Å². The number of thiocarbonyl (C=S) groups is 1. The lowest BCUT2D eigenvalue weighted by molar-refractivity contribution is 0.287. The number of benzene rings is 1. The average molecular weight is 285 g/mol. The minimum Gasteiger partial charge on any atom is -0.366 e. The van der Waals surface area contributed by atoms with E-state index in [1.807, 2.05) is 7.05 Å². The SMILES string of the molecule is CNC(=S)N1CCn2cccc2[C@H]1c1ccc(C)cc1. The first-order chi connectivity index (χ1) is 9.70. The predicted molar refractivity (Wildman–Crippen MR) is 85.8 cm³/mol.